The van der Waals surface area contributed by atoms with Gasteiger partial charge in [0.25, 0.3) is 0 Å². The molecule has 2 aromatic carbocycles. The minimum Gasteiger partial charge on any atom is -0.497 e. The molecule has 0 radical (unpaired) electrons. The smallest absolute Gasteiger partial charge is 0.232 e. The zero-order valence-electron chi connectivity index (χ0n) is 16.9. The van der Waals surface area contributed by atoms with Gasteiger partial charge in [-0.2, -0.15) is 4.98 Å². The van der Waals surface area contributed by atoms with Crippen LogP contribution in [0, 0.1) is 13.8 Å². The van der Waals surface area contributed by atoms with Crippen LogP contribution in [0.5, 0.6) is 11.5 Å². The van der Waals surface area contributed by atoms with Gasteiger partial charge in [-0.1, -0.05) is 11.2 Å². The molecule has 3 aromatic rings. The number of rotatable bonds is 5. The van der Waals surface area contributed by atoms with Crippen molar-refractivity contribution in [3.05, 3.63) is 53.4 Å². The van der Waals surface area contributed by atoms with E-state index in [0.29, 0.717) is 41.7 Å². The summed E-state index contributed by atoms with van der Waals surface area (Å²) < 4.78 is 16.2. The zero-order chi connectivity index (χ0) is 20.5. The number of carbonyl (C=O) groups excluding carboxylic acids is 1. The number of benzene rings is 2. The summed E-state index contributed by atoms with van der Waals surface area (Å²) in [4.78, 5) is 18.9. The summed E-state index contributed by atoms with van der Waals surface area (Å²) in [5.41, 5.74) is 3.97. The van der Waals surface area contributed by atoms with E-state index in [2.05, 4.69) is 17.1 Å². The predicted molar refractivity (Wildman–Crippen MR) is 108 cm³/mol. The molecule has 29 heavy (non-hydrogen) atoms. The van der Waals surface area contributed by atoms with Crippen molar-refractivity contribution in [2.75, 3.05) is 25.7 Å². The number of carbonyl (C=O) groups is 1. The van der Waals surface area contributed by atoms with Gasteiger partial charge >= 0.3 is 0 Å². The fourth-order valence-corrected chi connectivity index (χ4v) is 3.51. The Bertz CT molecular complexity index is 1060. The molecule has 1 aliphatic heterocycles. The molecule has 1 aliphatic rings. The van der Waals surface area contributed by atoms with E-state index < -0.39 is 0 Å². The Labute approximate surface area is 169 Å². The lowest BCUT2D eigenvalue weighted by molar-refractivity contribution is -0.117. The van der Waals surface area contributed by atoms with Crippen LogP contribution in [0.15, 0.2) is 40.9 Å². The maximum absolute atomic E-state index is 12.6. The predicted octanol–water partition coefficient (Wildman–Crippen LogP) is 3.89. The van der Waals surface area contributed by atoms with Crippen LogP contribution in [-0.4, -0.2) is 36.8 Å². The first kappa shape index (κ1) is 19.0. The summed E-state index contributed by atoms with van der Waals surface area (Å²) >= 11 is 0. The molecule has 0 bridgehead atoms. The Balaban J connectivity index is 1.57. The first-order valence-corrected chi connectivity index (χ1v) is 9.43. The molecule has 7 heteroatoms. The van der Waals surface area contributed by atoms with E-state index >= 15 is 0 Å². The van der Waals surface area contributed by atoms with Crippen molar-refractivity contribution in [3.63, 3.8) is 0 Å². The summed E-state index contributed by atoms with van der Waals surface area (Å²) in [5.74, 6) is 2.07. The largest absolute Gasteiger partial charge is 0.497 e. The fraction of sp³-hybridized carbons (Fsp3) is 0.318. The molecule has 1 atom stereocenters. The Hall–Kier alpha value is -3.35. The van der Waals surface area contributed by atoms with Gasteiger partial charge in [0.15, 0.2) is 0 Å². The lowest BCUT2D eigenvalue weighted by Gasteiger charge is -2.17. The van der Waals surface area contributed by atoms with Crippen LogP contribution in [0.3, 0.4) is 0 Å². The average Bonchev–Trinajstić information content (AvgIpc) is 3.36. The summed E-state index contributed by atoms with van der Waals surface area (Å²) in [6.07, 6.45) is 0.342. The SMILES string of the molecule is COc1ccc(-c2noc(C3CC(=O)N(c4ccc(C)c(C)c4)C3)n2)c(OC)c1. The molecule has 0 aliphatic carbocycles. The highest BCUT2D eigenvalue weighted by Gasteiger charge is 2.35. The molecule has 4 rings (SSSR count). The van der Waals surface area contributed by atoms with Crippen LogP contribution in [0.4, 0.5) is 5.69 Å². The third-order valence-electron chi connectivity index (χ3n) is 5.37. The molecule has 0 saturated carbocycles. The lowest BCUT2D eigenvalue weighted by Crippen LogP contribution is -2.24. The second-order valence-electron chi connectivity index (χ2n) is 7.20. The minimum absolute atomic E-state index is 0.0556. The van der Waals surface area contributed by atoms with Crippen molar-refractivity contribution in [1.29, 1.82) is 0 Å². The van der Waals surface area contributed by atoms with E-state index in [1.807, 2.05) is 37.3 Å². The third-order valence-corrected chi connectivity index (χ3v) is 5.37. The topological polar surface area (TPSA) is 77.7 Å². The number of aromatic nitrogens is 2. The van der Waals surface area contributed by atoms with Gasteiger partial charge in [-0.05, 0) is 49.2 Å². The van der Waals surface area contributed by atoms with E-state index in [-0.39, 0.29) is 11.8 Å². The van der Waals surface area contributed by atoms with E-state index in [1.165, 1.54) is 5.56 Å². The Kier molecular flexibility index (Phi) is 4.96. The van der Waals surface area contributed by atoms with Gasteiger partial charge in [0.05, 0.1) is 25.7 Å². The average molecular weight is 393 g/mol. The molecule has 1 saturated heterocycles. The van der Waals surface area contributed by atoms with E-state index in [9.17, 15) is 4.79 Å². The summed E-state index contributed by atoms with van der Waals surface area (Å²) in [6.45, 7) is 4.62. The van der Waals surface area contributed by atoms with Crippen molar-refractivity contribution >= 4 is 11.6 Å². The molecule has 7 nitrogen and oxygen atoms in total. The van der Waals surface area contributed by atoms with Gasteiger partial charge in [-0.25, -0.2) is 0 Å². The van der Waals surface area contributed by atoms with Gasteiger partial charge in [0.2, 0.25) is 17.6 Å². The summed E-state index contributed by atoms with van der Waals surface area (Å²) in [5, 5.41) is 4.11. The molecule has 150 valence electrons. The van der Waals surface area contributed by atoms with Crippen LogP contribution in [0.25, 0.3) is 11.4 Å². The maximum atomic E-state index is 12.6. The fourth-order valence-electron chi connectivity index (χ4n) is 3.51. The molecule has 1 fully saturated rings. The lowest BCUT2D eigenvalue weighted by atomic mass is 10.1. The number of methoxy groups -OCH3 is 2. The van der Waals surface area contributed by atoms with Crippen LogP contribution in [0.2, 0.25) is 0 Å². The standard InChI is InChI=1S/C22H23N3O4/c1-13-5-6-16(9-14(13)2)25-12-15(10-20(25)26)22-23-21(24-29-22)18-8-7-17(27-3)11-19(18)28-4/h5-9,11,15H,10,12H2,1-4H3. The summed E-state index contributed by atoms with van der Waals surface area (Å²) in [7, 11) is 3.18. The number of nitrogens with zero attached hydrogens (tertiary/aromatic N) is 3. The number of hydrogen-bond acceptors (Lipinski definition) is 6. The molecular formula is C22H23N3O4. The van der Waals surface area contributed by atoms with Gasteiger partial charge in [-0.15, -0.1) is 0 Å². The van der Waals surface area contributed by atoms with Crippen LogP contribution in [0.1, 0.15) is 29.4 Å². The number of ether oxygens (including phenoxy) is 2. The van der Waals surface area contributed by atoms with Crippen molar-refractivity contribution < 1.29 is 18.8 Å². The van der Waals surface area contributed by atoms with E-state index in [0.717, 1.165) is 11.3 Å². The summed E-state index contributed by atoms with van der Waals surface area (Å²) in [6, 6.07) is 11.5. The van der Waals surface area contributed by atoms with Gasteiger partial charge in [0.1, 0.15) is 11.5 Å². The second kappa shape index (κ2) is 7.58. The highest BCUT2D eigenvalue weighted by molar-refractivity contribution is 5.96. The number of hydrogen-bond donors (Lipinski definition) is 0. The monoisotopic (exact) mass is 393 g/mol. The Morgan fingerprint density at radius 1 is 1.07 bits per heavy atom. The normalized spacial score (nSPS) is 16.3. The molecule has 2 heterocycles. The van der Waals surface area contributed by atoms with E-state index in [1.54, 1.807) is 25.2 Å². The number of amides is 1. The minimum atomic E-state index is -0.144. The van der Waals surface area contributed by atoms with Crippen molar-refractivity contribution in [2.45, 2.75) is 26.2 Å². The van der Waals surface area contributed by atoms with Gasteiger partial charge in [0, 0.05) is 24.7 Å². The Morgan fingerprint density at radius 3 is 2.62 bits per heavy atom. The molecule has 1 aromatic heterocycles. The third kappa shape index (κ3) is 3.55. The van der Waals surface area contributed by atoms with Crippen LogP contribution in [-0.2, 0) is 4.79 Å². The number of aryl methyl sites for hydroxylation is 2. The second-order valence-corrected chi connectivity index (χ2v) is 7.20. The molecular weight excluding hydrogens is 370 g/mol. The van der Waals surface area contributed by atoms with Gasteiger partial charge < -0.3 is 18.9 Å². The molecule has 1 amide bonds. The van der Waals surface area contributed by atoms with Crippen molar-refractivity contribution in [3.8, 4) is 22.9 Å². The Morgan fingerprint density at radius 2 is 1.90 bits per heavy atom. The molecule has 1 unspecified atom stereocenters. The van der Waals surface area contributed by atoms with Crippen molar-refractivity contribution in [1.82, 2.24) is 10.1 Å². The highest BCUT2D eigenvalue weighted by atomic mass is 16.5. The zero-order valence-corrected chi connectivity index (χ0v) is 16.9. The quantitative estimate of drug-likeness (QED) is 0.654. The highest BCUT2D eigenvalue weighted by Crippen LogP contribution is 2.35. The van der Waals surface area contributed by atoms with Crippen molar-refractivity contribution in [2.24, 2.45) is 0 Å². The first-order chi connectivity index (χ1) is 14.0. The first-order valence-electron chi connectivity index (χ1n) is 9.43. The van der Waals surface area contributed by atoms with Crippen LogP contribution < -0.4 is 14.4 Å². The number of anilines is 1. The maximum Gasteiger partial charge on any atom is 0.232 e. The van der Waals surface area contributed by atoms with Gasteiger partial charge in [-0.3, -0.25) is 4.79 Å². The van der Waals surface area contributed by atoms with Crippen LogP contribution >= 0.6 is 0 Å². The van der Waals surface area contributed by atoms with E-state index in [4.69, 9.17) is 14.0 Å². The molecule has 0 spiro atoms. The molecule has 0 N–H and O–H groups in total.